The summed E-state index contributed by atoms with van der Waals surface area (Å²) in [5, 5.41) is 4.05. The van der Waals surface area contributed by atoms with Crippen LogP contribution in [-0.4, -0.2) is 15.0 Å². The molecule has 0 N–H and O–H groups in total. The Morgan fingerprint density at radius 1 is 0.356 bits per heavy atom. The van der Waals surface area contributed by atoms with Crippen molar-refractivity contribution in [2.45, 2.75) is 19.3 Å². The predicted molar refractivity (Wildman–Crippen MR) is 239 cm³/mol. The standard InChI is InChI=1S/C54H35N3O2/c1-54(2)44-19-8-6-14-38(44)40-17-10-16-37(50(40)54)35-26-28-47-43(30-35)49-41(18-11-21-48(49)59-47)53-56-51(34-24-22-33(23-25-34)32-12-4-3-5-13-32)55-52(57-53)36-27-29-46-42(31-36)39-15-7-9-20-45(39)58-46/h3-31H,1-2H3. The van der Waals surface area contributed by atoms with Crippen LogP contribution in [0.1, 0.15) is 25.0 Å². The van der Waals surface area contributed by atoms with E-state index in [0.29, 0.717) is 17.5 Å². The van der Waals surface area contributed by atoms with Gasteiger partial charge in [-0.15, -0.1) is 0 Å². The van der Waals surface area contributed by atoms with Gasteiger partial charge in [0.15, 0.2) is 17.5 Å². The number of aromatic nitrogens is 3. The number of nitrogens with zero attached hydrogens (tertiary/aromatic N) is 3. The van der Waals surface area contributed by atoms with Gasteiger partial charge in [0.1, 0.15) is 22.3 Å². The van der Waals surface area contributed by atoms with Gasteiger partial charge in [-0.25, -0.2) is 15.0 Å². The maximum atomic E-state index is 6.57. The van der Waals surface area contributed by atoms with Gasteiger partial charge in [-0.1, -0.05) is 147 Å². The van der Waals surface area contributed by atoms with Gasteiger partial charge in [0.05, 0.1) is 0 Å². The quantitative estimate of drug-likeness (QED) is 0.175. The van der Waals surface area contributed by atoms with E-state index < -0.39 is 0 Å². The number of benzene rings is 8. The summed E-state index contributed by atoms with van der Waals surface area (Å²) in [5.74, 6) is 1.75. The molecule has 3 heterocycles. The summed E-state index contributed by atoms with van der Waals surface area (Å²) in [6.45, 7) is 4.67. The number of rotatable bonds is 5. The largest absolute Gasteiger partial charge is 0.456 e. The summed E-state index contributed by atoms with van der Waals surface area (Å²) in [6.07, 6.45) is 0. The van der Waals surface area contributed by atoms with E-state index in [1.165, 1.54) is 27.8 Å². The molecule has 278 valence electrons. The minimum absolute atomic E-state index is 0.149. The summed E-state index contributed by atoms with van der Waals surface area (Å²) < 4.78 is 12.8. The molecule has 1 aliphatic rings. The smallest absolute Gasteiger partial charge is 0.164 e. The normalized spacial score (nSPS) is 13.1. The van der Waals surface area contributed by atoms with Gasteiger partial charge in [-0.05, 0) is 87.0 Å². The first-order chi connectivity index (χ1) is 29.0. The molecular formula is C54H35N3O2. The van der Waals surface area contributed by atoms with Crippen LogP contribution in [0.15, 0.2) is 185 Å². The highest BCUT2D eigenvalue weighted by atomic mass is 16.3. The molecular weight excluding hydrogens is 723 g/mol. The Balaban J connectivity index is 1.05. The predicted octanol–water partition coefficient (Wildman–Crippen LogP) is 14.3. The van der Waals surface area contributed by atoms with Crippen LogP contribution in [0.4, 0.5) is 0 Å². The number of para-hydroxylation sites is 1. The molecule has 0 aliphatic heterocycles. The van der Waals surface area contributed by atoms with Gasteiger partial charge in [0.25, 0.3) is 0 Å². The van der Waals surface area contributed by atoms with Crippen molar-refractivity contribution in [1.82, 2.24) is 15.0 Å². The lowest BCUT2D eigenvalue weighted by Gasteiger charge is -2.24. The van der Waals surface area contributed by atoms with Gasteiger partial charge in [0.2, 0.25) is 0 Å². The van der Waals surface area contributed by atoms with Crippen molar-refractivity contribution < 1.29 is 8.83 Å². The van der Waals surface area contributed by atoms with Crippen molar-refractivity contribution in [3.8, 4) is 67.5 Å². The Morgan fingerprint density at radius 3 is 1.76 bits per heavy atom. The van der Waals surface area contributed by atoms with Crippen molar-refractivity contribution in [3.05, 3.63) is 187 Å². The highest BCUT2D eigenvalue weighted by molar-refractivity contribution is 6.13. The van der Waals surface area contributed by atoms with E-state index in [1.807, 2.05) is 48.5 Å². The maximum Gasteiger partial charge on any atom is 0.164 e. The van der Waals surface area contributed by atoms with Crippen LogP contribution in [0.2, 0.25) is 0 Å². The molecule has 11 aromatic rings. The van der Waals surface area contributed by atoms with Gasteiger partial charge < -0.3 is 8.83 Å². The van der Waals surface area contributed by atoms with Crippen LogP contribution >= 0.6 is 0 Å². The van der Waals surface area contributed by atoms with Gasteiger partial charge >= 0.3 is 0 Å². The fraction of sp³-hybridized carbons (Fsp3) is 0.0556. The van der Waals surface area contributed by atoms with E-state index in [-0.39, 0.29) is 5.41 Å². The van der Waals surface area contributed by atoms with E-state index >= 15 is 0 Å². The molecule has 0 bridgehead atoms. The average Bonchev–Trinajstić information content (AvgIpc) is 3.93. The molecule has 5 nitrogen and oxygen atoms in total. The molecule has 1 aliphatic carbocycles. The molecule has 12 rings (SSSR count). The highest BCUT2D eigenvalue weighted by Crippen LogP contribution is 2.52. The van der Waals surface area contributed by atoms with Crippen LogP contribution in [0.3, 0.4) is 0 Å². The Bertz CT molecular complexity index is 3470. The van der Waals surface area contributed by atoms with Crippen molar-refractivity contribution >= 4 is 43.9 Å². The van der Waals surface area contributed by atoms with Crippen LogP contribution in [0.25, 0.3) is 111 Å². The Kier molecular flexibility index (Phi) is 7.20. The first-order valence-corrected chi connectivity index (χ1v) is 20.0. The van der Waals surface area contributed by atoms with Crippen molar-refractivity contribution in [2.75, 3.05) is 0 Å². The second-order valence-electron chi connectivity index (χ2n) is 15.9. The Morgan fingerprint density at radius 2 is 0.898 bits per heavy atom. The number of furan rings is 2. The number of hydrogen-bond acceptors (Lipinski definition) is 5. The van der Waals surface area contributed by atoms with Crippen molar-refractivity contribution in [3.63, 3.8) is 0 Å². The van der Waals surface area contributed by atoms with Crippen LogP contribution < -0.4 is 0 Å². The molecule has 5 heteroatoms. The first-order valence-electron chi connectivity index (χ1n) is 20.0. The molecule has 3 aromatic heterocycles. The average molecular weight is 758 g/mol. The molecule has 0 fully saturated rings. The van der Waals surface area contributed by atoms with Gasteiger partial charge in [-0.2, -0.15) is 0 Å². The summed E-state index contributed by atoms with van der Waals surface area (Å²) in [4.78, 5) is 15.6. The van der Waals surface area contributed by atoms with Gasteiger partial charge in [0, 0.05) is 43.7 Å². The summed E-state index contributed by atoms with van der Waals surface area (Å²) >= 11 is 0. The summed E-state index contributed by atoms with van der Waals surface area (Å²) in [6, 6.07) is 61.3. The first kappa shape index (κ1) is 33.5. The lowest BCUT2D eigenvalue weighted by atomic mass is 9.79. The molecule has 0 unspecified atom stereocenters. The molecule has 0 atom stereocenters. The van der Waals surface area contributed by atoms with E-state index in [2.05, 4.69) is 141 Å². The van der Waals surface area contributed by atoms with E-state index in [0.717, 1.165) is 77.3 Å². The third kappa shape index (κ3) is 5.21. The zero-order valence-electron chi connectivity index (χ0n) is 32.4. The molecule has 8 aromatic carbocycles. The van der Waals surface area contributed by atoms with Crippen LogP contribution in [-0.2, 0) is 5.41 Å². The Labute approximate surface area is 340 Å². The second-order valence-corrected chi connectivity index (χ2v) is 15.9. The van der Waals surface area contributed by atoms with E-state index in [1.54, 1.807) is 0 Å². The molecule has 0 saturated carbocycles. The van der Waals surface area contributed by atoms with E-state index in [9.17, 15) is 0 Å². The highest BCUT2D eigenvalue weighted by Gasteiger charge is 2.37. The molecule has 0 saturated heterocycles. The van der Waals surface area contributed by atoms with Crippen molar-refractivity contribution in [1.29, 1.82) is 0 Å². The molecule has 59 heavy (non-hydrogen) atoms. The van der Waals surface area contributed by atoms with E-state index in [4.69, 9.17) is 23.8 Å². The minimum Gasteiger partial charge on any atom is -0.456 e. The second kappa shape index (κ2) is 12.7. The lowest BCUT2D eigenvalue weighted by molar-refractivity contribution is 0.662. The third-order valence-corrected chi connectivity index (χ3v) is 12.1. The number of hydrogen-bond donors (Lipinski definition) is 0. The topological polar surface area (TPSA) is 65.0 Å². The lowest BCUT2D eigenvalue weighted by Crippen LogP contribution is -2.16. The minimum atomic E-state index is -0.149. The van der Waals surface area contributed by atoms with Crippen LogP contribution in [0.5, 0.6) is 0 Å². The number of fused-ring (bicyclic) bond motifs is 9. The Hall–Kier alpha value is -7.63. The molecule has 0 spiro atoms. The molecule has 0 amide bonds. The molecule has 0 radical (unpaired) electrons. The van der Waals surface area contributed by atoms with Crippen molar-refractivity contribution in [2.24, 2.45) is 0 Å². The fourth-order valence-electron chi connectivity index (χ4n) is 9.33. The fourth-order valence-corrected chi connectivity index (χ4v) is 9.33. The zero-order valence-corrected chi connectivity index (χ0v) is 32.4. The summed E-state index contributed by atoms with van der Waals surface area (Å²) in [5.41, 5.74) is 15.7. The van der Waals surface area contributed by atoms with Gasteiger partial charge in [-0.3, -0.25) is 0 Å². The zero-order chi connectivity index (χ0) is 39.2. The SMILES string of the molecule is CC1(C)c2ccccc2-c2cccc(-c3ccc4oc5cccc(-c6nc(-c7ccc(-c8ccccc8)cc7)nc(-c7ccc8oc9ccccc9c8c7)n6)c5c4c3)c21. The van der Waals surface area contributed by atoms with Crippen LogP contribution in [0, 0.1) is 0 Å². The monoisotopic (exact) mass is 757 g/mol. The maximum absolute atomic E-state index is 6.57. The third-order valence-electron chi connectivity index (χ3n) is 12.1. The summed E-state index contributed by atoms with van der Waals surface area (Å²) in [7, 11) is 0.